The van der Waals surface area contributed by atoms with Gasteiger partial charge in [-0.05, 0) is 48.4 Å². The van der Waals surface area contributed by atoms with Crippen LogP contribution < -0.4 is 10.6 Å². The summed E-state index contributed by atoms with van der Waals surface area (Å²) in [5, 5.41) is 4.27. The lowest BCUT2D eigenvalue weighted by molar-refractivity contribution is -0.133. The van der Waals surface area contributed by atoms with Gasteiger partial charge in [0, 0.05) is 22.3 Å². The largest absolute Gasteiger partial charge is 0.503 e. The highest BCUT2D eigenvalue weighted by Crippen LogP contribution is 2.31. The van der Waals surface area contributed by atoms with Crippen LogP contribution in [0.5, 0.6) is 5.75 Å². The average Bonchev–Trinajstić information content (AvgIpc) is 2.97. The summed E-state index contributed by atoms with van der Waals surface area (Å²) in [6.45, 7) is 2.22. The molecule has 8 nitrogen and oxygen atoms in total. The van der Waals surface area contributed by atoms with Gasteiger partial charge in [-0.15, -0.1) is 0 Å². The molecule has 0 aliphatic rings. The number of carbonyl (C=O) groups excluding carboxylic acids is 1. The van der Waals surface area contributed by atoms with Crippen LogP contribution in [0.4, 0.5) is 4.39 Å². The van der Waals surface area contributed by atoms with Gasteiger partial charge in [0.15, 0.2) is 5.76 Å². The monoisotopic (exact) mass is 534 g/mol. The molecule has 39 heavy (non-hydrogen) atoms. The Morgan fingerprint density at radius 1 is 0.949 bits per heavy atom. The normalized spacial score (nSPS) is 12.4. The summed E-state index contributed by atoms with van der Waals surface area (Å²) in [5.74, 6) is 5.85. The van der Waals surface area contributed by atoms with Crippen molar-refractivity contribution >= 4 is 23.0 Å². The molecular weight excluding hydrogens is 503 g/mol. The van der Waals surface area contributed by atoms with E-state index in [0.29, 0.717) is 40.3 Å². The summed E-state index contributed by atoms with van der Waals surface area (Å²) >= 11 is 0. The van der Waals surface area contributed by atoms with Gasteiger partial charge in [0.2, 0.25) is 0 Å². The van der Waals surface area contributed by atoms with Crippen molar-refractivity contribution in [2.75, 3.05) is 21.3 Å². The Labute approximate surface area is 227 Å². The highest BCUT2D eigenvalue weighted by Gasteiger charge is 2.24. The number of carbonyl (C=O) groups is 1. The summed E-state index contributed by atoms with van der Waals surface area (Å²) in [6, 6.07) is 20.5. The molecule has 0 aliphatic heterocycles. The first-order chi connectivity index (χ1) is 19.0. The Morgan fingerprint density at radius 3 is 2.18 bits per heavy atom. The first-order valence-electron chi connectivity index (χ1n) is 12.1. The average molecular weight is 535 g/mol. The lowest BCUT2D eigenvalue weighted by Gasteiger charge is -2.18. The zero-order valence-corrected chi connectivity index (χ0v) is 22.3. The molecule has 204 valence electrons. The van der Waals surface area contributed by atoms with Gasteiger partial charge in [-0.1, -0.05) is 48.5 Å². The Bertz CT molecular complexity index is 1350. The van der Waals surface area contributed by atoms with Crippen LogP contribution in [0.3, 0.4) is 0 Å². The quantitative estimate of drug-likeness (QED) is 0.106. The third-order valence-electron chi connectivity index (χ3n) is 5.76. The van der Waals surface area contributed by atoms with Crippen LogP contribution in [0.1, 0.15) is 35.6 Å². The number of halogens is 1. The summed E-state index contributed by atoms with van der Waals surface area (Å²) in [5.41, 5.74) is 3.90. The van der Waals surface area contributed by atoms with Crippen LogP contribution in [0, 0.1) is 5.82 Å². The zero-order chi connectivity index (χ0) is 28.2. The Hall–Kier alpha value is -4.63. The third kappa shape index (κ3) is 7.24. The molecule has 0 unspecified atom stereocenters. The molecule has 0 saturated heterocycles. The summed E-state index contributed by atoms with van der Waals surface area (Å²) < 4.78 is 29.1. The second-order valence-electron chi connectivity index (χ2n) is 8.15. The van der Waals surface area contributed by atoms with E-state index in [1.54, 1.807) is 48.5 Å². The van der Waals surface area contributed by atoms with Gasteiger partial charge < -0.3 is 23.9 Å². The number of hydrogen-bond acceptors (Lipinski definition) is 8. The molecule has 0 atom stereocenters. The predicted octanol–water partition coefficient (Wildman–Crippen LogP) is 5.63. The van der Waals surface area contributed by atoms with Crippen molar-refractivity contribution in [1.82, 2.24) is 0 Å². The molecule has 0 bridgehead atoms. The highest BCUT2D eigenvalue weighted by atomic mass is 19.1. The van der Waals surface area contributed by atoms with Gasteiger partial charge in [0.1, 0.15) is 36.6 Å². The number of oxime groups is 1. The molecule has 0 fully saturated rings. The number of nitrogens with two attached hydrogens (primary N) is 1. The standard InChI is InChI=1S/C30H31FN2O6/c1-5-24(29(39-32)26-9-7-6-8-25(26)27(19-35-2)30(34)36-3)28(33-37-4)21-12-16-23(17-13-21)38-18-20-10-14-22(31)15-11-20/h6-17,19H,5,18,32H2,1-4H3. The summed E-state index contributed by atoms with van der Waals surface area (Å²) in [7, 11) is 4.18. The number of methoxy groups -OCH3 is 2. The second-order valence-corrected chi connectivity index (χ2v) is 8.15. The van der Waals surface area contributed by atoms with Crippen LogP contribution in [0.15, 0.2) is 89.8 Å². The summed E-state index contributed by atoms with van der Waals surface area (Å²) in [6.07, 6.45) is 1.77. The molecule has 0 heterocycles. The first kappa shape index (κ1) is 28.9. The van der Waals surface area contributed by atoms with E-state index in [1.807, 2.05) is 19.1 Å². The van der Waals surface area contributed by atoms with Crippen molar-refractivity contribution in [2.45, 2.75) is 20.0 Å². The van der Waals surface area contributed by atoms with Crippen molar-refractivity contribution in [1.29, 1.82) is 0 Å². The minimum atomic E-state index is -0.583. The number of rotatable bonds is 12. The van der Waals surface area contributed by atoms with E-state index < -0.39 is 5.97 Å². The maximum absolute atomic E-state index is 13.2. The fourth-order valence-electron chi connectivity index (χ4n) is 3.93. The van der Waals surface area contributed by atoms with E-state index in [2.05, 4.69) is 5.16 Å². The molecule has 0 aromatic heterocycles. The van der Waals surface area contributed by atoms with E-state index >= 15 is 0 Å². The Balaban J connectivity index is 2.02. The van der Waals surface area contributed by atoms with Gasteiger partial charge in [-0.2, -0.15) is 5.90 Å². The fraction of sp³-hybridized carbons (Fsp3) is 0.200. The number of esters is 1. The molecule has 9 heteroatoms. The van der Waals surface area contributed by atoms with E-state index in [1.165, 1.54) is 39.7 Å². The number of hydrogen-bond donors (Lipinski definition) is 1. The summed E-state index contributed by atoms with van der Waals surface area (Å²) in [4.78, 5) is 23.1. The van der Waals surface area contributed by atoms with Crippen molar-refractivity contribution in [3.05, 3.63) is 113 Å². The Morgan fingerprint density at radius 2 is 1.62 bits per heavy atom. The maximum Gasteiger partial charge on any atom is 0.341 e. The molecule has 3 aromatic rings. The van der Waals surface area contributed by atoms with Crippen molar-refractivity contribution in [3.8, 4) is 5.75 Å². The van der Waals surface area contributed by atoms with Gasteiger partial charge in [-0.25, -0.2) is 9.18 Å². The molecule has 0 radical (unpaired) electrons. The molecular formula is C30H31FN2O6. The molecule has 0 saturated carbocycles. The lowest BCUT2D eigenvalue weighted by atomic mass is 9.92. The van der Waals surface area contributed by atoms with Crippen LogP contribution in [0.25, 0.3) is 11.3 Å². The molecule has 0 spiro atoms. The van der Waals surface area contributed by atoms with E-state index in [-0.39, 0.29) is 18.0 Å². The third-order valence-corrected chi connectivity index (χ3v) is 5.76. The Kier molecular flexibility index (Phi) is 10.6. The molecule has 3 rings (SSSR count). The predicted molar refractivity (Wildman–Crippen MR) is 147 cm³/mol. The molecule has 0 aliphatic carbocycles. The van der Waals surface area contributed by atoms with Crippen molar-refractivity contribution in [2.24, 2.45) is 11.1 Å². The van der Waals surface area contributed by atoms with Crippen molar-refractivity contribution in [3.63, 3.8) is 0 Å². The van der Waals surface area contributed by atoms with Crippen LogP contribution in [-0.4, -0.2) is 33.0 Å². The molecule has 2 N–H and O–H groups in total. The highest BCUT2D eigenvalue weighted by molar-refractivity contribution is 6.19. The maximum atomic E-state index is 13.2. The van der Waals surface area contributed by atoms with Gasteiger partial charge in [0.25, 0.3) is 0 Å². The molecule has 0 amide bonds. The number of benzene rings is 3. The van der Waals surface area contributed by atoms with Gasteiger partial charge in [0.05, 0.1) is 20.5 Å². The fourth-order valence-corrected chi connectivity index (χ4v) is 3.93. The van der Waals surface area contributed by atoms with Gasteiger partial charge >= 0.3 is 5.97 Å². The SMILES string of the molecule is CCC(C(=NOC)c1ccc(OCc2ccc(F)cc2)cc1)=C(ON)c1ccccc1C(=COC)C(=O)OC. The van der Waals surface area contributed by atoms with E-state index in [9.17, 15) is 9.18 Å². The minimum absolute atomic E-state index is 0.188. The topological polar surface area (TPSA) is 102 Å². The van der Waals surface area contributed by atoms with Crippen LogP contribution in [0.2, 0.25) is 0 Å². The van der Waals surface area contributed by atoms with Crippen molar-refractivity contribution < 1.29 is 33.1 Å². The van der Waals surface area contributed by atoms with Crippen LogP contribution in [-0.2, 0) is 30.6 Å². The van der Waals surface area contributed by atoms with E-state index in [0.717, 1.165) is 11.1 Å². The number of ether oxygens (including phenoxy) is 3. The second kappa shape index (κ2) is 14.3. The molecule has 3 aromatic carbocycles. The lowest BCUT2D eigenvalue weighted by Crippen LogP contribution is -2.14. The van der Waals surface area contributed by atoms with Crippen LogP contribution >= 0.6 is 0 Å². The van der Waals surface area contributed by atoms with Gasteiger partial charge in [-0.3, -0.25) is 0 Å². The minimum Gasteiger partial charge on any atom is -0.503 e. The van der Waals surface area contributed by atoms with E-state index in [4.69, 9.17) is 29.8 Å². The number of nitrogens with zero attached hydrogens (tertiary/aromatic N) is 1. The smallest absolute Gasteiger partial charge is 0.341 e. The zero-order valence-electron chi connectivity index (χ0n) is 22.3. The first-order valence-corrected chi connectivity index (χ1v) is 12.1. The number of allylic oxidation sites excluding steroid dienone is 1.